The van der Waals surface area contributed by atoms with Crippen molar-refractivity contribution >= 4 is 0 Å². The van der Waals surface area contributed by atoms with Crippen LogP contribution in [0.2, 0.25) is 0 Å². The fraction of sp³-hybridized carbons (Fsp3) is 0.0769. The SMILES string of the molecule is N#Cc1ccncc1-c1ccc(OC(F)(F)F)cc1. The lowest BCUT2D eigenvalue weighted by molar-refractivity contribution is -0.274. The van der Waals surface area contributed by atoms with Gasteiger partial charge >= 0.3 is 6.36 Å². The fourth-order valence-corrected chi connectivity index (χ4v) is 1.56. The predicted octanol–water partition coefficient (Wildman–Crippen LogP) is 3.52. The van der Waals surface area contributed by atoms with Gasteiger partial charge < -0.3 is 4.74 Å². The third-order valence-corrected chi connectivity index (χ3v) is 2.34. The van der Waals surface area contributed by atoms with E-state index in [4.69, 9.17) is 5.26 Å². The smallest absolute Gasteiger partial charge is 0.406 e. The van der Waals surface area contributed by atoms with Crippen LogP contribution in [0.1, 0.15) is 5.56 Å². The third kappa shape index (κ3) is 3.22. The van der Waals surface area contributed by atoms with Gasteiger partial charge in [0, 0.05) is 18.0 Å². The van der Waals surface area contributed by atoms with Gasteiger partial charge in [0.25, 0.3) is 0 Å². The van der Waals surface area contributed by atoms with Crippen LogP contribution in [0, 0.1) is 11.3 Å². The number of halogens is 3. The van der Waals surface area contributed by atoms with Crippen molar-refractivity contribution in [3.63, 3.8) is 0 Å². The minimum atomic E-state index is -4.71. The molecule has 0 saturated carbocycles. The van der Waals surface area contributed by atoms with Gasteiger partial charge in [-0.25, -0.2) is 0 Å². The van der Waals surface area contributed by atoms with E-state index >= 15 is 0 Å². The Bertz CT molecular complexity index is 615. The molecule has 3 nitrogen and oxygen atoms in total. The van der Waals surface area contributed by atoms with Crippen LogP contribution in [0.25, 0.3) is 11.1 Å². The summed E-state index contributed by atoms with van der Waals surface area (Å²) in [6.07, 6.45) is -1.75. The highest BCUT2D eigenvalue weighted by atomic mass is 19.4. The van der Waals surface area contributed by atoms with Gasteiger partial charge in [0.15, 0.2) is 0 Å². The van der Waals surface area contributed by atoms with Crippen molar-refractivity contribution in [2.24, 2.45) is 0 Å². The molecule has 19 heavy (non-hydrogen) atoms. The Balaban J connectivity index is 2.31. The van der Waals surface area contributed by atoms with Crippen molar-refractivity contribution in [2.75, 3.05) is 0 Å². The van der Waals surface area contributed by atoms with Crippen LogP contribution in [-0.2, 0) is 0 Å². The minimum Gasteiger partial charge on any atom is -0.406 e. The molecule has 2 rings (SSSR count). The Morgan fingerprint density at radius 2 is 1.79 bits per heavy atom. The monoisotopic (exact) mass is 264 g/mol. The van der Waals surface area contributed by atoms with Gasteiger partial charge in [0.1, 0.15) is 5.75 Å². The lowest BCUT2D eigenvalue weighted by Crippen LogP contribution is -2.16. The zero-order valence-corrected chi connectivity index (χ0v) is 9.48. The Morgan fingerprint density at radius 3 is 2.37 bits per heavy atom. The van der Waals surface area contributed by atoms with Crippen LogP contribution in [0.5, 0.6) is 5.75 Å². The maximum absolute atomic E-state index is 12.0. The molecule has 0 N–H and O–H groups in total. The molecule has 0 fully saturated rings. The van der Waals surface area contributed by atoms with E-state index in [9.17, 15) is 13.2 Å². The molecule has 6 heteroatoms. The topological polar surface area (TPSA) is 45.9 Å². The normalized spacial score (nSPS) is 10.8. The van der Waals surface area contributed by atoms with E-state index in [1.54, 1.807) is 0 Å². The van der Waals surface area contributed by atoms with Crippen molar-refractivity contribution < 1.29 is 17.9 Å². The minimum absolute atomic E-state index is 0.307. The molecule has 96 valence electrons. The van der Waals surface area contributed by atoms with E-state index in [0.29, 0.717) is 16.7 Å². The second-order valence-corrected chi connectivity index (χ2v) is 3.61. The molecule has 0 unspecified atom stereocenters. The summed E-state index contributed by atoms with van der Waals surface area (Å²) in [5.74, 6) is -0.307. The molecule has 0 bridgehead atoms. The zero-order chi connectivity index (χ0) is 13.9. The van der Waals surface area contributed by atoms with Gasteiger partial charge in [-0.2, -0.15) is 5.26 Å². The summed E-state index contributed by atoms with van der Waals surface area (Å²) < 4.78 is 39.8. The van der Waals surface area contributed by atoms with Crippen LogP contribution in [0.15, 0.2) is 42.7 Å². The summed E-state index contributed by atoms with van der Waals surface area (Å²) in [6, 6.07) is 8.80. The summed E-state index contributed by atoms with van der Waals surface area (Å²) >= 11 is 0. The fourth-order valence-electron chi connectivity index (χ4n) is 1.56. The lowest BCUT2D eigenvalue weighted by atomic mass is 10.0. The molecule has 0 aliphatic heterocycles. The number of aromatic nitrogens is 1. The van der Waals surface area contributed by atoms with Crippen molar-refractivity contribution in [3.05, 3.63) is 48.3 Å². The molecule has 1 heterocycles. The lowest BCUT2D eigenvalue weighted by Gasteiger charge is -2.09. The Kier molecular flexibility index (Phi) is 3.38. The second kappa shape index (κ2) is 4.98. The zero-order valence-electron chi connectivity index (χ0n) is 9.48. The highest BCUT2D eigenvalue weighted by Crippen LogP contribution is 2.27. The van der Waals surface area contributed by atoms with Gasteiger partial charge in [-0.1, -0.05) is 12.1 Å². The number of alkyl halides is 3. The molecule has 2 aromatic rings. The molecule has 0 spiro atoms. The number of hydrogen-bond acceptors (Lipinski definition) is 3. The third-order valence-electron chi connectivity index (χ3n) is 2.34. The molecule has 0 radical (unpaired) electrons. The first-order valence-corrected chi connectivity index (χ1v) is 5.20. The van der Waals surface area contributed by atoms with Crippen LogP contribution in [0.3, 0.4) is 0 Å². The van der Waals surface area contributed by atoms with Crippen molar-refractivity contribution in [2.45, 2.75) is 6.36 Å². The predicted molar refractivity (Wildman–Crippen MR) is 61.1 cm³/mol. The van der Waals surface area contributed by atoms with E-state index in [1.807, 2.05) is 6.07 Å². The molecule has 0 amide bonds. The first-order chi connectivity index (χ1) is 8.99. The van der Waals surface area contributed by atoms with Gasteiger partial charge in [0.2, 0.25) is 0 Å². The standard InChI is InChI=1S/C13H7F3N2O/c14-13(15,16)19-11-3-1-9(2-4-11)12-8-18-6-5-10(12)7-17/h1-6,8H. The largest absolute Gasteiger partial charge is 0.573 e. The maximum Gasteiger partial charge on any atom is 0.573 e. The molecule has 1 aromatic heterocycles. The van der Waals surface area contributed by atoms with Gasteiger partial charge in [-0.3, -0.25) is 4.98 Å². The van der Waals surface area contributed by atoms with E-state index in [0.717, 1.165) is 0 Å². The number of nitrogens with zero attached hydrogens (tertiary/aromatic N) is 2. The van der Waals surface area contributed by atoms with Crippen LogP contribution in [0.4, 0.5) is 13.2 Å². The van der Waals surface area contributed by atoms with Gasteiger partial charge in [-0.15, -0.1) is 13.2 Å². The first kappa shape index (κ1) is 12.9. The molecule has 0 atom stereocenters. The number of rotatable bonds is 2. The van der Waals surface area contributed by atoms with Gasteiger partial charge in [0.05, 0.1) is 11.6 Å². The van der Waals surface area contributed by atoms with Crippen LogP contribution in [-0.4, -0.2) is 11.3 Å². The molecule has 0 aliphatic carbocycles. The molecule has 0 saturated heterocycles. The highest BCUT2D eigenvalue weighted by Gasteiger charge is 2.30. The van der Waals surface area contributed by atoms with Crippen molar-refractivity contribution in [1.82, 2.24) is 4.98 Å². The number of hydrogen-bond donors (Lipinski definition) is 0. The number of benzene rings is 1. The van der Waals surface area contributed by atoms with Gasteiger partial charge in [-0.05, 0) is 23.8 Å². The summed E-state index contributed by atoms with van der Waals surface area (Å²) in [7, 11) is 0. The summed E-state index contributed by atoms with van der Waals surface area (Å²) in [5.41, 5.74) is 1.56. The highest BCUT2D eigenvalue weighted by molar-refractivity contribution is 5.69. The van der Waals surface area contributed by atoms with Crippen LogP contribution >= 0.6 is 0 Å². The summed E-state index contributed by atoms with van der Waals surface area (Å²) in [4.78, 5) is 3.89. The quantitative estimate of drug-likeness (QED) is 0.833. The Labute approximate surface area is 106 Å². The van der Waals surface area contributed by atoms with E-state index in [1.165, 1.54) is 42.7 Å². The Morgan fingerprint density at radius 1 is 1.11 bits per heavy atom. The maximum atomic E-state index is 12.0. The van der Waals surface area contributed by atoms with Crippen LogP contribution < -0.4 is 4.74 Å². The van der Waals surface area contributed by atoms with Crippen molar-refractivity contribution in [1.29, 1.82) is 5.26 Å². The molecular weight excluding hydrogens is 257 g/mol. The summed E-state index contributed by atoms with van der Waals surface area (Å²) in [6.45, 7) is 0. The summed E-state index contributed by atoms with van der Waals surface area (Å²) in [5, 5.41) is 8.94. The molecule has 0 aliphatic rings. The van der Waals surface area contributed by atoms with E-state index < -0.39 is 6.36 Å². The molecular formula is C13H7F3N2O. The number of pyridine rings is 1. The second-order valence-electron chi connectivity index (χ2n) is 3.61. The van der Waals surface area contributed by atoms with Crippen molar-refractivity contribution in [3.8, 4) is 22.9 Å². The number of ether oxygens (including phenoxy) is 1. The molecule has 1 aromatic carbocycles. The average Bonchev–Trinajstić information content (AvgIpc) is 2.38. The number of nitriles is 1. The first-order valence-electron chi connectivity index (χ1n) is 5.20. The Hall–Kier alpha value is -2.55. The average molecular weight is 264 g/mol. The van der Waals surface area contributed by atoms with E-state index in [-0.39, 0.29) is 5.75 Å². The van der Waals surface area contributed by atoms with E-state index in [2.05, 4.69) is 9.72 Å².